The molecule has 0 saturated heterocycles. The topological polar surface area (TPSA) is 40.5 Å². The van der Waals surface area contributed by atoms with Gasteiger partial charge >= 0.3 is 0 Å². The molecule has 0 heterocycles. The number of aromatic hydroxyl groups is 1. The van der Waals surface area contributed by atoms with Gasteiger partial charge < -0.3 is 5.11 Å². The van der Waals surface area contributed by atoms with Crippen LogP contribution in [0.5, 0.6) is 5.75 Å². The third-order valence-corrected chi connectivity index (χ3v) is 3.52. The Labute approximate surface area is 120 Å². The van der Waals surface area contributed by atoms with Crippen LogP contribution in [0, 0.1) is 11.7 Å². The van der Waals surface area contributed by atoms with Gasteiger partial charge in [0.2, 0.25) is 0 Å². The Morgan fingerprint density at radius 3 is 2.45 bits per heavy atom. The molecule has 1 aromatic rings. The van der Waals surface area contributed by atoms with E-state index >= 15 is 0 Å². The van der Waals surface area contributed by atoms with E-state index in [-0.39, 0.29) is 17.1 Å². The van der Waals surface area contributed by atoms with E-state index in [1.807, 2.05) is 7.05 Å². The highest BCUT2D eigenvalue weighted by Gasteiger charge is 2.17. The molecular formula is C16H24FNO2. The number of phenolic OH excluding ortho intramolecular Hbond substituents is 1. The van der Waals surface area contributed by atoms with Crippen LogP contribution in [-0.2, 0) is 6.54 Å². The van der Waals surface area contributed by atoms with Gasteiger partial charge in [-0.25, -0.2) is 4.39 Å². The first-order valence-corrected chi connectivity index (χ1v) is 6.95. The molecule has 0 aliphatic carbocycles. The highest BCUT2D eigenvalue weighted by atomic mass is 19.1. The Hall–Kier alpha value is -1.42. The zero-order valence-corrected chi connectivity index (χ0v) is 12.9. The molecule has 0 fully saturated rings. The Kier molecular flexibility index (Phi) is 5.69. The smallest absolute Gasteiger partial charge is 0.163 e. The average molecular weight is 281 g/mol. The van der Waals surface area contributed by atoms with Crippen molar-refractivity contribution < 1.29 is 14.3 Å². The number of hydrogen-bond acceptors (Lipinski definition) is 3. The maximum absolute atomic E-state index is 13.5. The van der Waals surface area contributed by atoms with Crippen molar-refractivity contribution in [2.45, 2.75) is 46.7 Å². The molecule has 20 heavy (non-hydrogen) atoms. The van der Waals surface area contributed by atoms with Gasteiger partial charge in [-0.05, 0) is 45.4 Å². The lowest BCUT2D eigenvalue weighted by molar-refractivity contribution is 0.101. The molecule has 0 aliphatic heterocycles. The molecule has 0 saturated carbocycles. The molecule has 1 N–H and O–H groups in total. The van der Waals surface area contributed by atoms with E-state index in [1.165, 1.54) is 13.0 Å². The van der Waals surface area contributed by atoms with Gasteiger partial charge in [-0.3, -0.25) is 9.69 Å². The predicted molar refractivity (Wildman–Crippen MR) is 78.5 cm³/mol. The summed E-state index contributed by atoms with van der Waals surface area (Å²) in [6, 6.07) is 2.69. The Balaban J connectivity index is 2.95. The van der Waals surface area contributed by atoms with E-state index in [0.29, 0.717) is 24.1 Å². The molecule has 4 heteroatoms. The first-order chi connectivity index (χ1) is 9.22. The van der Waals surface area contributed by atoms with Crippen LogP contribution >= 0.6 is 0 Å². The number of halogens is 1. The van der Waals surface area contributed by atoms with Crippen molar-refractivity contribution in [2.75, 3.05) is 7.05 Å². The Bertz CT molecular complexity index is 486. The van der Waals surface area contributed by atoms with Gasteiger partial charge in [0.05, 0.1) is 5.56 Å². The normalized spacial score (nSPS) is 13.0. The molecule has 1 rings (SSSR count). The summed E-state index contributed by atoms with van der Waals surface area (Å²) in [5.41, 5.74) is 0.498. The molecule has 0 amide bonds. The molecule has 3 nitrogen and oxygen atoms in total. The molecule has 0 aliphatic rings. The van der Waals surface area contributed by atoms with Crippen LogP contribution in [0.25, 0.3) is 0 Å². The second kappa shape index (κ2) is 6.84. The van der Waals surface area contributed by atoms with Gasteiger partial charge in [0.1, 0.15) is 11.6 Å². The first-order valence-electron chi connectivity index (χ1n) is 6.95. The second-order valence-corrected chi connectivity index (χ2v) is 5.91. The van der Waals surface area contributed by atoms with Crippen LogP contribution in [0.3, 0.4) is 0 Å². The fourth-order valence-electron chi connectivity index (χ4n) is 2.33. The molecule has 1 atom stereocenters. The number of Topliss-reactive ketones (excluding diaryl/α,β-unsaturated/α-hetero) is 1. The summed E-state index contributed by atoms with van der Waals surface area (Å²) in [5, 5.41) is 10.1. The van der Waals surface area contributed by atoms with Crippen LogP contribution in [0.15, 0.2) is 12.1 Å². The molecule has 1 unspecified atom stereocenters. The van der Waals surface area contributed by atoms with Crippen LogP contribution < -0.4 is 0 Å². The molecule has 0 aromatic heterocycles. The lowest BCUT2D eigenvalue weighted by Gasteiger charge is -2.26. The fraction of sp³-hybridized carbons (Fsp3) is 0.562. The van der Waals surface area contributed by atoms with E-state index in [0.717, 1.165) is 12.5 Å². The number of phenols is 1. The molecule has 0 radical (unpaired) electrons. The second-order valence-electron chi connectivity index (χ2n) is 5.91. The SMILES string of the molecule is CC(=O)c1cc(F)cc(CN(C)C(C)CC(C)C)c1O. The zero-order valence-electron chi connectivity index (χ0n) is 12.9. The van der Waals surface area contributed by atoms with E-state index in [4.69, 9.17) is 0 Å². The van der Waals surface area contributed by atoms with Gasteiger partial charge in [-0.1, -0.05) is 13.8 Å². The largest absolute Gasteiger partial charge is 0.507 e. The fourth-order valence-corrected chi connectivity index (χ4v) is 2.33. The number of hydrogen-bond donors (Lipinski definition) is 1. The number of nitrogens with zero attached hydrogens (tertiary/aromatic N) is 1. The summed E-state index contributed by atoms with van der Waals surface area (Å²) < 4.78 is 13.5. The highest BCUT2D eigenvalue weighted by molar-refractivity contribution is 5.97. The summed E-state index contributed by atoms with van der Waals surface area (Å²) >= 11 is 0. The van der Waals surface area contributed by atoms with Crippen molar-refractivity contribution in [2.24, 2.45) is 5.92 Å². The number of rotatable bonds is 6. The van der Waals surface area contributed by atoms with Gasteiger partial charge in [-0.15, -0.1) is 0 Å². The highest BCUT2D eigenvalue weighted by Crippen LogP contribution is 2.26. The Morgan fingerprint density at radius 2 is 1.95 bits per heavy atom. The van der Waals surface area contributed by atoms with E-state index < -0.39 is 5.82 Å². The minimum Gasteiger partial charge on any atom is -0.507 e. The van der Waals surface area contributed by atoms with Crippen LogP contribution in [0.1, 0.15) is 50.0 Å². The van der Waals surface area contributed by atoms with Crippen molar-refractivity contribution in [1.82, 2.24) is 4.90 Å². The van der Waals surface area contributed by atoms with Crippen LogP contribution in [-0.4, -0.2) is 28.9 Å². The van der Waals surface area contributed by atoms with E-state index in [9.17, 15) is 14.3 Å². The quantitative estimate of drug-likeness (QED) is 0.810. The Morgan fingerprint density at radius 1 is 1.35 bits per heavy atom. The summed E-state index contributed by atoms with van der Waals surface area (Å²) in [4.78, 5) is 13.4. The molecular weight excluding hydrogens is 257 g/mol. The van der Waals surface area contributed by atoms with Crippen molar-refractivity contribution in [3.8, 4) is 5.75 Å². The third-order valence-electron chi connectivity index (χ3n) is 3.52. The summed E-state index contributed by atoms with van der Waals surface area (Å²) in [7, 11) is 1.94. The summed E-state index contributed by atoms with van der Waals surface area (Å²) in [6.45, 7) is 8.14. The number of benzene rings is 1. The van der Waals surface area contributed by atoms with E-state index in [2.05, 4.69) is 25.7 Å². The molecule has 0 spiro atoms. The minimum absolute atomic E-state index is 0.0462. The number of carbonyl (C=O) groups is 1. The predicted octanol–water partition coefficient (Wildman–Crippen LogP) is 3.60. The number of ketones is 1. The van der Waals surface area contributed by atoms with Crippen LogP contribution in [0.4, 0.5) is 4.39 Å². The lowest BCUT2D eigenvalue weighted by atomic mass is 10.0. The average Bonchev–Trinajstić information content (AvgIpc) is 2.31. The van der Waals surface area contributed by atoms with Crippen molar-refractivity contribution >= 4 is 5.78 Å². The molecule has 112 valence electrons. The molecule has 0 bridgehead atoms. The van der Waals surface area contributed by atoms with Gasteiger partial charge in [-0.2, -0.15) is 0 Å². The maximum atomic E-state index is 13.5. The minimum atomic E-state index is -0.493. The van der Waals surface area contributed by atoms with Gasteiger partial charge in [0, 0.05) is 18.2 Å². The lowest BCUT2D eigenvalue weighted by Crippen LogP contribution is -2.29. The van der Waals surface area contributed by atoms with Gasteiger partial charge in [0.15, 0.2) is 5.78 Å². The van der Waals surface area contributed by atoms with Crippen molar-refractivity contribution in [3.05, 3.63) is 29.1 Å². The summed E-state index contributed by atoms with van der Waals surface area (Å²) in [5.74, 6) is -0.363. The first kappa shape index (κ1) is 16.6. The van der Waals surface area contributed by atoms with Crippen molar-refractivity contribution in [3.63, 3.8) is 0 Å². The summed E-state index contributed by atoms with van der Waals surface area (Å²) in [6.07, 6.45) is 1.02. The van der Waals surface area contributed by atoms with Gasteiger partial charge in [0.25, 0.3) is 0 Å². The maximum Gasteiger partial charge on any atom is 0.163 e. The van der Waals surface area contributed by atoms with Crippen LogP contribution in [0.2, 0.25) is 0 Å². The van der Waals surface area contributed by atoms with Crippen molar-refractivity contribution in [1.29, 1.82) is 0 Å². The third kappa shape index (κ3) is 4.30. The number of carbonyl (C=O) groups excluding carboxylic acids is 1. The zero-order chi connectivity index (χ0) is 15.4. The molecule has 1 aromatic carbocycles. The van der Waals surface area contributed by atoms with E-state index in [1.54, 1.807) is 0 Å². The monoisotopic (exact) mass is 281 g/mol. The standard InChI is InChI=1S/C16H24FNO2/c1-10(2)6-11(3)18(5)9-13-7-14(17)8-15(12(4)19)16(13)20/h7-8,10-11,20H,6,9H2,1-5H3.